The Kier molecular flexibility index (Phi) is 3.90. The van der Waals surface area contributed by atoms with Gasteiger partial charge in [-0.15, -0.1) is 0 Å². The van der Waals surface area contributed by atoms with Crippen LogP contribution >= 0.6 is 0 Å². The van der Waals surface area contributed by atoms with Gasteiger partial charge in [0.2, 0.25) is 11.8 Å². The number of aliphatic carboxylic acids is 1. The Bertz CT molecular complexity index is 680. The van der Waals surface area contributed by atoms with Crippen LogP contribution < -0.4 is 10.6 Å². The number of nitrogens with one attached hydrogen (secondary N) is 2. The van der Waals surface area contributed by atoms with E-state index >= 15 is 0 Å². The van der Waals surface area contributed by atoms with Gasteiger partial charge in [0.25, 0.3) is 0 Å². The Morgan fingerprint density at radius 1 is 0.957 bits per heavy atom. The number of amides is 2. The van der Waals surface area contributed by atoms with Gasteiger partial charge >= 0.3 is 5.97 Å². The molecule has 6 heteroatoms. The van der Waals surface area contributed by atoms with Gasteiger partial charge < -0.3 is 15.7 Å². The second-order valence-electron chi connectivity index (χ2n) is 6.09. The average Bonchev–Trinajstić information content (AvgIpc) is 3.09. The first-order valence-corrected chi connectivity index (χ1v) is 7.55. The molecule has 0 saturated heterocycles. The van der Waals surface area contributed by atoms with Crippen molar-refractivity contribution in [3.8, 4) is 0 Å². The predicted molar refractivity (Wildman–Crippen MR) is 84.7 cm³/mol. The highest BCUT2D eigenvalue weighted by molar-refractivity contribution is 5.96. The van der Waals surface area contributed by atoms with Gasteiger partial charge in [0, 0.05) is 18.3 Å². The van der Waals surface area contributed by atoms with Crippen molar-refractivity contribution in [2.75, 3.05) is 10.6 Å². The molecule has 0 aromatic heterocycles. The van der Waals surface area contributed by atoms with E-state index in [1.165, 1.54) is 6.92 Å². The molecule has 4 atom stereocenters. The highest BCUT2D eigenvalue weighted by Crippen LogP contribution is 2.48. The summed E-state index contributed by atoms with van der Waals surface area (Å²) in [7, 11) is 0. The molecule has 3 rings (SSSR count). The van der Waals surface area contributed by atoms with E-state index < -0.39 is 17.8 Å². The van der Waals surface area contributed by atoms with Crippen molar-refractivity contribution < 1.29 is 19.5 Å². The van der Waals surface area contributed by atoms with Crippen molar-refractivity contribution in [2.45, 2.75) is 13.3 Å². The van der Waals surface area contributed by atoms with Crippen LogP contribution in [0.1, 0.15) is 13.3 Å². The van der Waals surface area contributed by atoms with Crippen LogP contribution in [0.5, 0.6) is 0 Å². The third kappa shape index (κ3) is 2.97. The summed E-state index contributed by atoms with van der Waals surface area (Å²) < 4.78 is 0. The number of anilines is 2. The van der Waals surface area contributed by atoms with Crippen LogP contribution in [0, 0.1) is 23.7 Å². The fourth-order valence-electron chi connectivity index (χ4n) is 3.58. The van der Waals surface area contributed by atoms with Gasteiger partial charge in [-0.1, -0.05) is 12.2 Å². The molecule has 120 valence electrons. The Labute approximate surface area is 133 Å². The molecule has 6 nitrogen and oxygen atoms in total. The number of hydrogen-bond acceptors (Lipinski definition) is 3. The van der Waals surface area contributed by atoms with Crippen LogP contribution in [0.3, 0.4) is 0 Å². The lowest BCUT2D eigenvalue weighted by atomic mass is 9.82. The minimum absolute atomic E-state index is 0.000229. The summed E-state index contributed by atoms with van der Waals surface area (Å²) in [6.07, 6.45) is 4.60. The summed E-state index contributed by atoms with van der Waals surface area (Å²) in [5.74, 6) is -2.57. The van der Waals surface area contributed by atoms with E-state index in [-0.39, 0.29) is 23.7 Å². The maximum atomic E-state index is 12.5. The van der Waals surface area contributed by atoms with Gasteiger partial charge in [0.1, 0.15) is 0 Å². The molecule has 2 aliphatic carbocycles. The van der Waals surface area contributed by atoms with E-state index in [9.17, 15) is 19.5 Å². The molecule has 1 aromatic carbocycles. The van der Waals surface area contributed by atoms with E-state index in [0.717, 1.165) is 6.42 Å². The van der Waals surface area contributed by atoms with Crippen LogP contribution in [-0.4, -0.2) is 22.9 Å². The molecule has 1 fully saturated rings. The topological polar surface area (TPSA) is 95.5 Å². The van der Waals surface area contributed by atoms with Gasteiger partial charge in [0.05, 0.1) is 11.8 Å². The Morgan fingerprint density at radius 3 is 2.00 bits per heavy atom. The van der Waals surface area contributed by atoms with Crippen molar-refractivity contribution in [1.82, 2.24) is 0 Å². The molecular formula is C17H18N2O4. The van der Waals surface area contributed by atoms with Crippen LogP contribution in [0.4, 0.5) is 11.4 Å². The molecule has 0 spiro atoms. The Hall–Kier alpha value is -2.63. The van der Waals surface area contributed by atoms with Crippen molar-refractivity contribution in [2.24, 2.45) is 23.7 Å². The predicted octanol–water partition coefficient (Wildman–Crippen LogP) is 2.11. The van der Waals surface area contributed by atoms with E-state index in [1.54, 1.807) is 24.3 Å². The molecule has 1 aromatic rings. The zero-order valence-corrected chi connectivity index (χ0v) is 12.7. The second kappa shape index (κ2) is 5.87. The molecule has 23 heavy (non-hydrogen) atoms. The Morgan fingerprint density at radius 2 is 1.48 bits per heavy atom. The average molecular weight is 314 g/mol. The molecule has 0 heterocycles. The summed E-state index contributed by atoms with van der Waals surface area (Å²) in [5.41, 5.74) is 1.22. The summed E-state index contributed by atoms with van der Waals surface area (Å²) >= 11 is 0. The molecule has 2 bridgehead atoms. The minimum atomic E-state index is -0.914. The fourth-order valence-corrected chi connectivity index (χ4v) is 3.58. The van der Waals surface area contributed by atoms with Crippen molar-refractivity contribution >= 4 is 29.2 Å². The van der Waals surface area contributed by atoms with Crippen LogP contribution in [0.2, 0.25) is 0 Å². The number of hydrogen-bond donors (Lipinski definition) is 3. The van der Waals surface area contributed by atoms with Crippen LogP contribution in [0.25, 0.3) is 0 Å². The first-order chi connectivity index (χ1) is 11.0. The summed E-state index contributed by atoms with van der Waals surface area (Å²) in [6.45, 7) is 1.42. The standard InChI is InChI=1S/C17H18N2O4/c1-9(20)18-12-4-6-13(7-5-12)19-16(21)14-10-2-3-11(8-10)15(14)17(22)23/h2-7,10-11,14-15H,8H2,1H3,(H,18,20)(H,19,21)(H,22,23). The lowest BCUT2D eigenvalue weighted by molar-refractivity contribution is -0.146. The number of carbonyl (C=O) groups excluding carboxylic acids is 2. The quantitative estimate of drug-likeness (QED) is 0.742. The number of carbonyl (C=O) groups is 3. The lowest BCUT2D eigenvalue weighted by Crippen LogP contribution is -2.36. The monoisotopic (exact) mass is 314 g/mol. The third-order valence-corrected chi connectivity index (χ3v) is 4.52. The summed E-state index contributed by atoms with van der Waals surface area (Å²) in [5, 5.41) is 14.8. The zero-order chi connectivity index (χ0) is 16.6. The van der Waals surface area contributed by atoms with Crippen molar-refractivity contribution in [3.63, 3.8) is 0 Å². The normalized spacial score (nSPS) is 27.7. The third-order valence-electron chi connectivity index (χ3n) is 4.52. The highest BCUT2D eigenvalue weighted by Gasteiger charge is 2.51. The number of carboxylic acids is 1. The summed E-state index contributed by atoms with van der Waals surface area (Å²) in [4.78, 5) is 34.9. The molecule has 2 aliphatic rings. The first kappa shape index (κ1) is 15.3. The smallest absolute Gasteiger partial charge is 0.307 e. The number of fused-ring (bicyclic) bond motifs is 2. The Balaban J connectivity index is 1.70. The van der Waals surface area contributed by atoms with Gasteiger partial charge in [-0.2, -0.15) is 0 Å². The second-order valence-corrected chi connectivity index (χ2v) is 6.09. The van der Waals surface area contributed by atoms with E-state index in [1.807, 2.05) is 12.2 Å². The van der Waals surface area contributed by atoms with Crippen molar-refractivity contribution in [1.29, 1.82) is 0 Å². The molecule has 2 amide bonds. The molecule has 4 unspecified atom stereocenters. The molecular weight excluding hydrogens is 296 g/mol. The highest BCUT2D eigenvalue weighted by atomic mass is 16.4. The zero-order valence-electron chi connectivity index (χ0n) is 12.7. The number of allylic oxidation sites excluding steroid dienone is 2. The SMILES string of the molecule is CC(=O)Nc1ccc(NC(=O)C2C3C=CC(C3)C2C(=O)O)cc1. The maximum Gasteiger partial charge on any atom is 0.307 e. The first-order valence-electron chi connectivity index (χ1n) is 7.55. The molecule has 0 radical (unpaired) electrons. The lowest BCUT2D eigenvalue weighted by Gasteiger charge is -2.23. The van der Waals surface area contributed by atoms with E-state index in [4.69, 9.17) is 0 Å². The number of carboxylic acid groups (broad SMARTS) is 1. The number of rotatable bonds is 4. The summed E-state index contributed by atoms with van der Waals surface area (Å²) in [6, 6.07) is 6.74. The largest absolute Gasteiger partial charge is 0.481 e. The van der Waals surface area contributed by atoms with E-state index in [0.29, 0.717) is 11.4 Å². The van der Waals surface area contributed by atoms with Crippen LogP contribution in [-0.2, 0) is 14.4 Å². The molecule has 0 aliphatic heterocycles. The molecule has 3 N–H and O–H groups in total. The van der Waals surface area contributed by atoms with Gasteiger partial charge in [0.15, 0.2) is 0 Å². The van der Waals surface area contributed by atoms with Crippen molar-refractivity contribution in [3.05, 3.63) is 36.4 Å². The van der Waals surface area contributed by atoms with Gasteiger partial charge in [-0.05, 0) is 42.5 Å². The minimum Gasteiger partial charge on any atom is -0.481 e. The van der Waals surface area contributed by atoms with Gasteiger partial charge in [-0.3, -0.25) is 14.4 Å². The van der Waals surface area contributed by atoms with Crippen LogP contribution in [0.15, 0.2) is 36.4 Å². The maximum absolute atomic E-state index is 12.5. The fraction of sp³-hybridized carbons (Fsp3) is 0.353. The van der Waals surface area contributed by atoms with E-state index in [2.05, 4.69) is 10.6 Å². The molecule has 1 saturated carbocycles. The number of benzene rings is 1. The van der Waals surface area contributed by atoms with Gasteiger partial charge in [-0.25, -0.2) is 0 Å².